The van der Waals surface area contributed by atoms with E-state index in [0.717, 1.165) is 15.6 Å². The second-order valence-electron chi connectivity index (χ2n) is 9.17. The highest BCUT2D eigenvalue weighted by Crippen LogP contribution is 2.31. The summed E-state index contributed by atoms with van der Waals surface area (Å²) in [6, 6.07) is 12.4. The number of ether oxygens (including phenoxy) is 1. The molecule has 0 bridgehead atoms. The molecule has 0 radical (unpaired) electrons. The molecule has 1 atom stereocenters. The molecule has 2 aromatic rings. The van der Waals surface area contributed by atoms with Gasteiger partial charge < -0.3 is 15.0 Å². The molecular weight excluding hydrogens is 492 g/mol. The number of benzene rings is 2. The fourth-order valence-electron chi connectivity index (χ4n) is 3.13. The highest BCUT2D eigenvalue weighted by Gasteiger charge is 2.27. The molecule has 2 aromatic carbocycles. The number of nitrogens with one attached hydrogen (secondary N) is 1. The molecule has 0 saturated carbocycles. The Morgan fingerprint density at radius 2 is 1.81 bits per heavy atom. The van der Waals surface area contributed by atoms with Gasteiger partial charge in [0.25, 0.3) is 5.91 Å². The summed E-state index contributed by atoms with van der Waals surface area (Å²) in [5, 5.41) is 3.45. The van der Waals surface area contributed by atoms with Crippen LogP contribution >= 0.6 is 27.5 Å². The van der Waals surface area contributed by atoms with Gasteiger partial charge in [-0.3, -0.25) is 9.59 Å². The van der Waals surface area contributed by atoms with Crippen molar-refractivity contribution in [1.29, 1.82) is 0 Å². The molecule has 174 valence electrons. The van der Waals surface area contributed by atoms with E-state index in [-0.39, 0.29) is 36.4 Å². The lowest BCUT2D eigenvalue weighted by atomic mass is 9.87. The van der Waals surface area contributed by atoms with Crippen LogP contribution in [0.5, 0.6) is 5.75 Å². The minimum atomic E-state index is -0.667. The van der Waals surface area contributed by atoms with Gasteiger partial charge in [0.2, 0.25) is 5.91 Å². The summed E-state index contributed by atoms with van der Waals surface area (Å²) in [5.74, 6) is 0.0719. The van der Waals surface area contributed by atoms with Gasteiger partial charge in [0.1, 0.15) is 11.8 Å². The molecule has 0 fully saturated rings. The molecule has 0 saturated heterocycles. The van der Waals surface area contributed by atoms with Crippen molar-refractivity contribution in [1.82, 2.24) is 10.2 Å². The van der Waals surface area contributed by atoms with Gasteiger partial charge >= 0.3 is 0 Å². The van der Waals surface area contributed by atoms with Gasteiger partial charge in [-0.15, -0.1) is 0 Å². The molecule has 5 nitrogen and oxygen atoms in total. The van der Waals surface area contributed by atoms with Crippen LogP contribution in [0.4, 0.5) is 0 Å². The van der Waals surface area contributed by atoms with E-state index in [4.69, 9.17) is 16.3 Å². The zero-order valence-electron chi connectivity index (χ0n) is 19.5. The SMILES string of the molecule is CC(C)NC(=O)C(C)N(Cc1cccc(Cl)c1)C(=O)COc1ccc(C(C)(C)C)cc1Br. The lowest BCUT2D eigenvalue weighted by molar-refractivity contribution is -0.142. The van der Waals surface area contributed by atoms with E-state index in [0.29, 0.717) is 10.8 Å². The fourth-order valence-corrected chi connectivity index (χ4v) is 3.83. The van der Waals surface area contributed by atoms with E-state index >= 15 is 0 Å². The maximum Gasteiger partial charge on any atom is 0.261 e. The zero-order chi connectivity index (χ0) is 24.1. The van der Waals surface area contributed by atoms with Crippen LogP contribution in [0.3, 0.4) is 0 Å². The lowest BCUT2D eigenvalue weighted by Gasteiger charge is -2.29. The molecule has 0 aliphatic carbocycles. The number of nitrogens with zero attached hydrogens (tertiary/aromatic N) is 1. The molecule has 0 aromatic heterocycles. The summed E-state index contributed by atoms with van der Waals surface area (Å²) in [5.41, 5.74) is 2.00. The number of halogens is 2. The van der Waals surface area contributed by atoms with Crippen LogP contribution in [0.25, 0.3) is 0 Å². The Kier molecular flexibility index (Phi) is 9.17. The second kappa shape index (κ2) is 11.2. The van der Waals surface area contributed by atoms with Crippen molar-refractivity contribution in [2.75, 3.05) is 6.61 Å². The van der Waals surface area contributed by atoms with Crippen molar-refractivity contribution in [3.8, 4) is 5.75 Å². The third-order valence-corrected chi connectivity index (χ3v) is 5.84. The lowest BCUT2D eigenvalue weighted by Crippen LogP contribution is -2.50. The van der Waals surface area contributed by atoms with Crippen molar-refractivity contribution >= 4 is 39.3 Å². The molecule has 32 heavy (non-hydrogen) atoms. The van der Waals surface area contributed by atoms with E-state index < -0.39 is 6.04 Å². The zero-order valence-corrected chi connectivity index (χ0v) is 21.9. The van der Waals surface area contributed by atoms with Gasteiger partial charge in [0, 0.05) is 17.6 Å². The number of carbonyl (C=O) groups is 2. The summed E-state index contributed by atoms with van der Waals surface area (Å²) < 4.78 is 6.61. The first-order valence-electron chi connectivity index (χ1n) is 10.7. The first kappa shape index (κ1) is 26.2. The van der Waals surface area contributed by atoms with Gasteiger partial charge in [-0.05, 0) is 77.5 Å². The molecular formula is C25H32BrClN2O3. The normalized spacial score (nSPS) is 12.4. The third kappa shape index (κ3) is 7.52. The first-order chi connectivity index (χ1) is 14.9. The van der Waals surface area contributed by atoms with Crippen LogP contribution in [0.2, 0.25) is 5.02 Å². The Labute approximate surface area is 204 Å². The Balaban J connectivity index is 2.19. The Bertz CT molecular complexity index is 956. The van der Waals surface area contributed by atoms with E-state index in [1.54, 1.807) is 19.1 Å². The second-order valence-corrected chi connectivity index (χ2v) is 10.5. The predicted molar refractivity (Wildman–Crippen MR) is 133 cm³/mol. The molecule has 2 rings (SSSR count). The maximum absolute atomic E-state index is 13.1. The monoisotopic (exact) mass is 522 g/mol. The summed E-state index contributed by atoms with van der Waals surface area (Å²) in [7, 11) is 0. The van der Waals surface area contributed by atoms with Crippen molar-refractivity contribution in [3.63, 3.8) is 0 Å². The Hall–Kier alpha value is -2.05. The number of hydrogen-bond donors (Lipinski definition) is 1. The molecule has 0 spiro atoms. The van der Waals surface area contributed by atoms with Crippen LogP contribution in [0.1, 0.15) is 52.7 Å². The standard InChI is InChI=1S/C25H32BrClN2O3/c1-16(2)28-24(31)17(3)29(14-18-8-7-9-20(27)12-18)23(30)15-32-22-11-10-19(13-21(22)26)25(4,5)6/h7-13,16-17H,14-15H2,1-6H3,(H,28,31). The van der Waals surface area contributed by atoms with Gasteiger partial charge in [-0.25, -0.2) is 0 Å². The maximum atomic E-state index is 13.1. The van der Waals surface area contributed by atoms with Crippen molar-refractivity contribution in [2.45, 2.75) is 65.6 Å². The van der Waals surface area contributed by atoms with Crippen molar-refractivity contribution in [2.24, 2.45) is 0 Å². The van der Waals surface area contributed by atoms with E-state index in [1.807, 2.05) is 44.2 Å². The predicted octanol–water partition coefficient (Wildman–Crippen LogP) is 5.72. The quantitative estimate of drug-likeness (QED) is 0.481. The molecule has 0 heterocycles. The summed E-state index contributed by atoms with van der Waals surface area (Å²) >= 11 is 9.65. The molecule has 2 amide bonds. The van der Waals surface area contributed by atoms with Crippen LogP contribution in [0.15, 0.2) is 46.9 Å². The summed E-state index contributed by atoms with van der Waals surface area (Å²) in [6.07, 6.45) is 0. The average molecular weight is 524 g/mol. The molecule has 1 N–H and O–H groups in total. The van der Waals surface area contributed by atoms with Crippen molar-refractivity contribution < 1.29 is 14.3 Å². The first-order valence-corrected chi connectivity index (χ1v) is 11.8. The summed E-state index contributed by atoms with van der Waals surface area (Å²) in [4.78, 5) is 27.3. The molecule has 0 aliphatic heterocycles. The number of hydrogen-bond acceptors (Lipinski definition) is 3. The smallest absolute Gasteiger partial charge is 0.261 e. The van der Waals surface area contributed by atoms with Gasteiger partial charge in [0.05, 0.1) is 4.47 Å². The minimum absolute atomic E-state index is 0.00380. The average Bonchev–Trinajstić information content (AvgIpc) is 2.69. The third-order valence-electron chi connectivity index (χ3n) is 4.99. The topological polar surface area (TPSA) is 58.6 Å². The largest absolute Gasteiger partial charge is 0.483 e. The number of carbonyl (C=O) groups excluding carboxylic acids is 2. The van der Waals surface area contributed by atoms with Crippen LogP contribution in [-0.4, -0.2) is 35.4 Å². The molecule has 1 unspecified atom stereocenters. The van der Waals surface area contributed by atoms with Gasteiger partial charge in [-0.2, -0.15) is 0 Å². The fraction of sp³-hybridized carbons (Fsp3) is 0.440. The molecule has 0 aliphatic rings. The summed E-state index contributed by atoms with van der Waals surface area (Å²) in [6.45, 7) is 12.0. The highest BCUT2D eigenvalue weighted by molar-refractivity contribution is 9.10. The minimum Gasteiger partial charge on any atom is -0.483 e. The van der Waals surface area contributed by atoms with Gasteiger partial charge in [-0.1, -0.05) is 50.6 Å². The molecule has 7 heteroatoms. The van der Waals surface area contributed by atoms with Crippen LogP contribution in [0, 0.1) is 0 Å². The van der Waals surface area contributed by atoms with Gasteiger partial charge in [0.15, 0.2) is 6.61 Å². The Morgan fingerprint density at radius 3 is 2.38 bits per heavy atom. The number of rotatable bonds is 8. The van der Waals surface area contributed by atoms with E-state index in [2.05, 4.69) is 42.0 Å². The Morgan fingerprint density at radius 1 is 1.12 bits per heavy atom. The highest BCUT2D eigenvalue weighted by atomic mass is 79.9. The van der Waals surface area contributed by atoms with Crippen molar-refractivity contribution in [3.05, 3.63) is 63.1 Å². The van der Waals surface area contributed by atoms with Crippen LogP contribution in [-0.2, 0) is 21.5 Å². The van der Waals surface area contributed by atoms with E-state index in [1.165, 1.54) is 4.90 Å². The number of amides is 2. The van der Waals surface area contributed by atoms with Crippen LogP contribution < -0.4 is 10.1 Å². The van der Waals surface area contributed by atoms with E-state index in [9.17, 15) is 9.59 Å².